The van der Waals surface area contributed by atoms with Crippen LogP contribution in [0.15, 0.2) is 23.8 Å². The molecule has 0 aromatic carbocycles. The third kappa shape index (κ3) is 1.34. The highest BCUT2D eigenvalue weighted by Crippen LogP contribution is 2.36. The lowest BCUT2D eigenvalue weighted by Crippen LogP contribution is -2.32. The van der Waals surface area contributed by atoms with Gasteiger partial charge in [-0.15, -0.1) is 0 Å². The van der Waals surface area contributed by atoms with Crippen molar-refractivity contribution in [2.24, 2.45) is 0 Å². The van der Waals surface area contributed by atoms with Crippen LogP contribution in [0.1, 0.15) is 38.5 Å². The molecule has 1 fully saturated rings. The minimum absolute atomic E-state index is 0.467. The van der Waals surface area contributed by atoms with Crippen molar-refractivity contribution >= 4 is 0 Å². The fraction of sp³-hybridized carbons (Fsp3) is 0.636. The molecular formula is C11H16O. The van der Waals surface area contributed by atoms with Crippen LogP contribution in [0.5, 0.6) is 0 Å². The highest BCUT2D eigenvalue weighted by atomic mass is 16.3. The molecule has 0 aliphatic heterocycles. The first-order valence-corrected chi connectivity index (χ1v) is 4.91. The first-order valence-electron chi connectivity index (χ1n) is 4.91. The molecule has 0 bridgehead atoms. The Hall–Kier alpha value is -0.560. The summed E-state index contributed by atoms with van der Waals surface area (Å²) < 4.78 is 0. The molecule has 0 radical (unpaired) electrons. The second kappa shape index (κ2) is 3.06. The Morgan fingerprint density at radius 1 is 1.17 bits per heavy atom. The minimum atomic E-state index is -0.467. The lowest BCUT2D eigenvalue weighted by molar-refractivity contribution is 0.0431. The lowest BCUT2D eigenvalue weighted by atomic mass is 9.80. The van der Waals surface area contributed by atoms with Crippen LogP contribution in [0.2, 0.25) is 0 Å². The van der Waals surface area contributed by atoms with Crippen molar-refractivity contribution < 1.29 is 5.11 Å². The van der Waals surface area contributed by atoms with Gasteiger partial charge in [0.05, 0.1) is 5.60 Å². The predicted octanol–water partition coefficient (Wildman–Crippen LogP) is 2.57. The molecule has 0 spiro atoms. The number of aliphatic hydroxyl groups is 1. The summed E-state index contributed by atoms with van der Waals surface area (Å²) in [7, 11) is 0. The van der Waals surface area contributed by atoms with E-state index in [9.17, 15) is 5.11 Å². The van der Waals surface area contributed by atoms with Gasteiger partial charge in [0.2, 0.25) is 0 Å². The van der Waals surface area contributed by atoms with E-state index in [0.717, 1.165) is 19.3 Å². The van der Waals surface area contributed by atoms with Crippen molar-refractivity contribution in [2.45, 2.75) is 44.1 Å². The molecular weight excluding hydrogens is 148 g/mol. The maximum atomic E-state index is 10.3. The molecule has 2 aliphatic rings. The maximum Gasteiger partial charge on any atom is 0.0893 e. The quantitative estimate of drug-likeness (QED) is 0.631. The molecule has 0 aromatic rings. The first kappa shape index (κ1) is 8.06. The van der Waals surface area contributed by atoms with Crippen LogP contribution in [0.25, 0.3) is 0 Å². The average Bonchev–Trinajstić information content (AvgIpc) is 2.58. The Labute approximate surface area is 73.8 Å². The standard InChI is InChI=1S/C11H16O/c12-11(8-4-1-5-9-11)10-6-2-3-7-10/h2,6-7,12H,1,3-5,8-9H2. The highest BCUT2D eigenvalue weighted by Gasteiger charge is 2.32. The van der Waals surface area contributed by atoms with Gasteiger partial charge in [-0.1, -0.05) is 37.5 Å². The Morgan fingerprint density at radius 2 is 1.92 bits per heavy atom. The molecule has 0 unspecified atom stereocenters. The Bertz CT molecular complexity index is 219. The van der Waals surface area contributed by atoms with Crippen molar-refractivity contribution in [3.05, 3.63) is 23.8 Å². The van der Waals surface area contributed by atoms with Gasteiger partial charge in [0.15, 0.2) is 0 Å². The number of rotatable bonds is 1. The van der Waals surface area contributed by atoms with Crippen molar-refractivity contribution in [1.82, 2.24) is 0 Å². The fourth-order valence-electron chi connectivity index (χ4n) is 2.23. The second-order valence-electron chi connectivity index (χ2n) is 3.89. The third-order valence-electron chi connectivity index (χ3n) is 2.99. The SMILES string of the molecule is OC1(C2=CCC=C2)CCCCC1. The van der Waals surface area contributed by atoms with Gasteiger partial charge >= 0.3 is 0 Å². The fourth-order valence-corrected chi connectivity index (χ4v) is 2.23. The molecule has 0 heterocycles. The van der Waals surface area contributed by atoms with Crippen molar-refractivity contribution in [2.75, 3.05) is 0 Å². The summed E-state index contributed by atoms with van der Waals surface area (Å²) in [6.45, 7) is 0. The van der Waals surface area contributed by atoms with Crippen molar-refractivity contribution in [3.63, 3.8) is 0 Å². The maximum absolute atomic E-state index is 10.3. The van der Waals surface area contributed by atoms with E-state index >= 15 is 0 Å². The van der Waals surface area contributed by atoms with Gasteiger partial charge in [-0.2, -0.15) is 0 Å². The molecule has 12 heavy (non-hydrogen) atoms. The van der Waals surface area contributed by atoms with Gasteiger partial charge in [0, 0.05) is 0 Å². The van der Waals surface area contributed by atoms with E-state index in [0.29, 0.717) is 0 Å². The molecule has 0 atom stereocenters. The van der Waals surface area contributed by atoms with Gasteiger partial charge < -0.3 is 5.11 Å². The van der Waals surface area contributed by atoms with E-state index in [2.05, 4.69) is 18.2 Å². The van der Waals surface area contributed by atoms with Crippen LogP contribution in [-0.2, 0) is 0 Å². The van der Waals surface area contributed by atoms with Crippen molar-refractivity contribution in [3.8, 4) is 0 Å². The average molecular weight is 164 g/mol. The van der Waals surface area contributed by atoms with E-state index in [1.165, 1.54) is 24.8 Å². The molecule has 1 heteroatoms. The molecule has 0 saturated heterocycles. The van der Waals surface area contributed by atoms with Gasteiger partial charge in [-0.05, 0) is 24.8 Å². The highest BCUT2D eigenvalue weighted by molar-refractivity contribution is 5.34. The molecule has 66 valence electrons. The van der Waals surface area contributed by atoms with Crippen molar-refractivity contribution in [1.29, 1.82) is 0 Å². The monoisotopic (exact) mass is 164 g/mol. The summed E-state index contributed by atoms with van der Waals surface area (Å²) in [4.78, 5) is 0. The molecule has 0 amide bonds. The molecule has 2 aliphatic carbocycles. The number of hydrogen-bond acceptors (Lipinski definition) is 1. The smallest absolute Gasteiger partial charge is 0.0893 e. The molecule has 2 rings (SSSR count). The van der Waals surface area contributed by atoms with E-state index in [-0.39, 0.29) is 0 Å². The third-order valence-corrected chi connectivity index (χ3v) is 2.99. The predicted molar refractivity (Wildman–Crippen MR) is 49.9 cm³/mol. The van der Waals surface area contributed by atoms with Gasteiger partial charge in [0.25, 0.3) is 0 Å². The van der Waals surface area contributed by atoms with Gasteiger partial charge in [-0.3, -0.25) is 0 Å². The second-order valence-corrected chi connectivity index (χ2v) is 3.89. The largest absolute Gasteiger partial charge is 0.385 e. The van der Waals surface area contributed by atoms with Crippen LogP contribution >= 0.6 is 0 Å². The normalized spacial score (nSPS) is 27.2. The first-order chi connectivity index (χ1) is 5.81. The zero-order valence-corrected chi connectivity index (χ0v) is 7.42. The van der Waals surface area contributed by atoms with E-state index in [4.69, 9.17) is 0 Å². The zero-order valence-electron chi connectivity index (χ0n) is 7.42. The van der Waals surface area contributed by atoms with Gasteiger partial charge in [0.1, 0.15) is 0 Å². The summed E-state index contributed by atoms with van der Waals surface area (Å²) in [6.07, 6.45) is 13.0. The summed E-state index contributed by atoms with van der Waals surface area (Å²) >= 11 is 0. The van der Waals surface area contributed by atoms with E-state index < -0.39 is 5.60 Å². The number of allylic oxidation sites excluding steroid dienone is 2. The molecule has 1 saturated carbocycles. The molecule has 1 N–H and O–H groups in total. The summed E-state index contributed by atoms with van der Waals surface area (Å²) in [5.41, 5.74) is 0.702. The Morgan fingerprint density at radius 3 is 2.50 bits per heavy atom. The Balaban J connectivity index is 2.13. The summed E-state index contributed by atoms with van der Waals surface area (Å²) in [5.74, 6) is 0. The topological polar surface area (TPSA) is 20.2 Å². The summed E-state index contributed by atoms with van der Waals surface area (Å²) in [5, 5.41) is 10.3. The summed E-state index contributed by atoms with van der Waals surface area (Å²) in [6, 6.07) is 0. The minimum Gasteiger partial charge on any atom is -0.385 e. The molecule has 1 nitrogen and oxygen atoms in total. The van der Waals surface area contributed by atoms with Gasteiger partial charge in [-0.25, -0.2) is 0 Å². The Kier molecular flexibility index (Phi) is 2.05. The van der Waals surface area contributed by atoms with E-state index in [1.807, 2.05) is 0 Å². The van der Waals surface area contributed by atoms with Crippen LogP contribution in [-0.4, -0.2) is 10.7 Å². The van der Waals surface area contributed by atoms with Crippen LogP contribution in [0.3, 0.4) is 0 Å². The van der Waals surface area contributed by atoms with E-state index in [1.54, 1.807) is 0 Å². The lowest BCUT2D eigenvalue weighted by Gasteiger charge is -2.32. The molecule has 0 aromatic heterocycles. The van der Waals surface area contributed by atoms with Crippen LogP contribution in [0.4, 0.5) is 0 Å². The van der Waals surface area contributed by atoms with Crippen LogP contribution < -0.4 is 0 Å². The number of hydrogen-bond donors (Lipinski definition) is 1. The zero-order chi connectivity index (χ0) is 8.44. The van der Waals surface area contributed by atoms with Crippen LogP contribution in [0, 0.1) is 0 Å².